The Kier molecular flexibility index (Phi) is 7.36. The average molecular weight is 555 g/mol. The molecule has 1 aliphatic rings. The number of nitrogen functional groups attached to an aromatic ring is 1. The molecule has 3 aromatic carbocycles. The van der Waals surface area contributed by atoms with E-state index in [4.69, 9.17) is 21.5 Å². The third-order valence-electron chi connectivity index (χ3n) is 7.48. The van der Waals surface area contributed by atoms with Crippen molar-refractivity contribution in [1.29, 1.82) is 10.8 Å². The number of carboxylic acids is 1. The van der Waals surface area contributed by atoms with Gasteiger partial charge in [-0.15, -0.1) is 0 Å². The Labute approximate surface area is 237 Å². The summed E-state index contributed by atoms with van der Waals surface area (Å²) in [5.41, 5.74) is 8.71. The molecule has 11 nitrogen and oxygen atoms in total. The highest BCUT2D eigenvalue weighted by atomic mass is 16.4. The fraction of sp³-hybridized carbons (Fsp3) is 0.300. The second-order valence-corrected chi connectivity index (χ2v) is 10.7. The molecule has 0 unspecified atom stereocenters. The average Bonchev–Trinajstić information content (AvgIpc) is 3.30. The van der Waals surface area contributed by atoms with Gasteiger partial charge < -0.3 is 30.5 Å². The maximum absolute atomic E-state index is 13.1. The number of carbonyl (C=O) groups excluding carboxylic acids is 1. The highest BCUT2D eigenvalue weighted by Gasteiger charge is 2.24. The third-order valence-corrected chi connectivity index (χ3v) is 7.48. The molecule has 0 aliphatic carbocycles. The van der Waals surface area contributed by atoms with Crippen molar-refractivity contribution in [2.45, 2.75) is 33.2 Å². The molecule has 2 amide bonds. The Morgan fingerprint density at radius 1 is 1.00 bits per heavy atom. The zero-order valence-corrected chi connectivity index (χ0v) is 23.4. The summed E-state index contributed by atoms with van der Waals surface area (Å²) in [6, 6.07) is 14.6. The molecular weight excluding hydrogens is 520 g/mol. The Bertz CT molecular complexity index is 1700. The molecule has 11 heteroatoms. The number of nitrogens with two attached hydrogens (primary N) is 1. The lowest BCUT2D eigenvalue weighted by Gasteiger charge is -2.35. The molecule has 1 aliphatic heterocycles. The number of piperazine rings is 1. The Balaban J connectivity index is 1.52. The van der Waals surface area contributed by atoms with Crippen molar-refractivity contribution in [2.75, 3.05) is 31.5 Å². The van der Waals surface area contributed by atoms with Crippen molar-refractivity contribution in [3.8, 4) is 0 Å². The normalized spacial score (nSPS) is 13.7. The molecule has 41 heavy (non-hydrogen) atoms. The molecular formula is C30H34N8O3. The van der Waals surface area contributed by atoms with Gasteiger partial charge in [-0.25, -0.2) is 14.6 Å². The number of carboxylic acid groups (broad SMARTS) is 1. The summed E-state index contributed by atoms with van der Waals surface area (Å²) in [5, 5.41) is 30.5. The molecule has 5 rings (SSSR count). The maximum Gasteiger partial charge on any atom is 0.338 e. The van der Waals surface area contributed by atoms with Gasteiger partial charge in [-0.3, -0.25) is 10.8 Å². The molecule has 212 valence electrons. The van der Waals surface area contributed by atoms with E-state index in [1.807, 2.05) is 59.7 Å². The molecule has 0 bridgehead atoms. The summed E-state index contributed by atoms with van der Waals surface area (Å²) in [7, 11) is 0. The smallest absolute Gasteiger partial charge is 0.338 e. The second-order valence-electron chi connectivity index (χ2n) is 10.7. The lowest BCUT2D eigenvalue weighted by Crippen LogP contribution is -2.51. The standard InChI is InChI=1S/C30H34N8O3/c1-17(2)28-35-26-24(29(39)40)14-23(34-30(41)37-10-8-36(9-11-37)18(3)31)15-25(26)38(28)16-19-4-5-20-6-7-21(27(32)33)13-22(20)12-19/h4-7,12-15,17,31H,8-11,16H2,1-3H3,(H3,32,33)(H,34,41)(H,39,40). The summed E-state index contributed by atoms with van der Waals surface area (Å²) >= 11 is 0. The number of aromatic nitrogens is 2. The van der Waals surface area contributed by atoms with E-state index in [0.29, 0.717) is 60.8 Å². The summed E-state index contributed by atoms with van der Waals surface area (Å²) in [6.07, 6.45) is 0. The first-order valence-electron chi connectivity index (χ1n) is 13.5. The molecule has 0 saturated carbocycles. The van der Waals surface area contributed by atoms with E-state index < -0.39 is 5.97 Å². The highest BCUT2D eigenvalue weighted by molar-refractivity contribution is 6.04. The van der Waals surface area contributed by atoms with Gasteiger partial charge in [0.25, 0.3) is 0 Å². The van der Waals surface area contributed by atoms with Gasteiger partial charge in [-0.2, -0.15) is 0 Å². The van der Waals surface area contributed by atoms with Crippen molar-refractivity contribution >= 4 is 51.2 Å². The first-order valence-corrected chi connectivity index (χ1v) is 13.5. The number of urea groups is 1. The summed E-state index contributed by atoms with van der Waals surface area (Å²) in [5.74, 6) is 0.106. The number of benzene rings is 3. The van der Waals surface area contributed by atoms with Gasteiger partial charge in [-0.05, 0) is 47.5 Å². The fourth-order valence-electron chi connectivity index (χ4n) is 5.28. The van der Waals surface area contributed by atoms with Gasteiger partial charge in [-0.1, -0.05) is 38.1 Å². The van der Waals surface area contributed by atoms with Crippen molar-refractivity contribution in [3.63, 3.8) is 0 Å². The Morgan fingerprint density at radius 2 is 1.68 bits per heavy atom. The minimum absolute atomic E-state index is 0.00231. The van der Waals surface area contributed by atoms with Gasteiger partial charge in [0.15, 0.2) is 0 Å². The number of hydrogen-bond acceptors (Lipinski definition) is 5. The molecule has 4 aromatic rings. The highest BCUT2D eigenvalue weighted by Crippen LogP contribution is 2.30. The van der Waals surface area contributed by atoms with Gasteiger partial charge in [0, 0.05) is 49.9 Å². The van der Waals surface area contributed by atoms with E-state index in [1.165, 1.54) is 6.07 Å². The summed E-state index contributed by atoms with van der Waals surface area (Å²) in [6.45, 7) is 8.28. The lowest BCUT2D eigenvalue weighted by atomic mass is 10.0. The van der Waals surface area contributed by atoms with Crippen LogP contribution in [0.25, 0.3) is 21.8 Å². The molecule has 0 spiro atoms. The van der Waals surface area contributed by atoms with Crippen molar-refractivity contribution < 1.29 is 14.7 Å². The lowest BCUT2D eigenvalue weighted by molar-refractivity contribution is 0.0698. The fourth-order valence-corrected chi connectivity index (χ4v) is 5.28. The van der Waals surface area contributed by atoms with Crippen LogP contribution < -0.4 is 11.1 Å². The van der Waals surface area contributed by atoms with E-state index in [9.17, 15) is 14.7 Å². The molecule has 1 aromatic heterocycles. The van der Waals surface area contributed by atoms with Crippen LogP contribution in [0.1, 0.15) is 54.0 Å². The zero-order valence-electron chi connectivity index (χ0n) is 23.4. The predicted octanol–water partition coefficient (Wildman–Crippen LogP) is 4.49. The number of imidazole rings is 1. The van der Waals surface area contributed by atoms with Crippen molar-refractivity contribution in [3.05, 3.63) is 71.0 Å². The topological polar surface area (TPSA) is 164 Å². The number of anilines is 1. The first kappa shape index (κ1) is 27.6. The van der Waals surface area contributed by atoms with Gasteiger partial charge in [0.1, 0.15) is 17.2 Å². The van der Waals surface area contributed by atoms with Crippen LogP contribution in [0, 0.1) is 10.8 Å². The predicted molar refractivity (Wildman–Crippen MR) is 160 cm³/mol. The number of carbonyl (C=O) groups is 2. The van der Waals surface area contributed by atoms with Crippen molar-refractivity contribution in [1.82, 2.24) is 19.4 Å². The van der Waals surface area contributed by atoms with E-state index in [0.717, 1.165) is 22.2 Å². The monoisotopic (exact) mass is 554 g/mol. The summed E-state index contributed by atoms with van der Waals surface area (Å²) < 4.78 is 2.00. The van der Waals surface area contributed by atoms with Crippen molar-refractivity contribution in [2.24, 2.45) is 5.73 Å². The van der Waals surface area contributed by atoms with E-state index in [-0.39, 0.29) is 23.3 Å². The zero-order chi connectivity index (χ0) is 29.4. The van der Waals surface area contributed by atoms with E-state index in [1.54, 1.807) is 17.9 Å². The number of nitrogens with one attached hydrogen (secondary N) is 3. The second kappa shape index (κ2) is 10.9. The number of hydrogen-bond donors (Lipinski definition) is 5. The van der Waals surface area contributed by atoms with Crippen LogP contribution in [-0.2, 0) is 6.54 Å². The quantitative estimate of drug-likeness (QED) is 0.174. The molecule has 0 radical (unpaired) electrons. The largest absolute Gasteiger partial charge is 0.478 e. The maximum atomic E-state index is 13.1. The molecule has 1 fully saturated rings. The first-order chi connectivity index (χ1) is 19.5. The van der Waals surface area contributed by atoms with Crippen LogP contribution >= 0.6 is 0 Å². The van der Waals surface area contributed by atoms with Crippen LogP contribution in [-0.4, -0.2) is 74.3 Å². The number of aromatic carboxylic acids is 1. The number of amidine groups is 2. The van der Waals surface area contributed by atoms with Crippen LogP contribution in [0.3, 0.4) is 0 Å². The molecule has 1 saturated heterocycles. The van der Waals surface area contributed by atoms with Crippen LogP contribution in [0.2, 0.25) is 0 Å². The Hall–Kier alpha value is -4.93. The number of nitrogens with zero attached hydrogens (tertiary/aromatic N) is 4. The molecule has 2 heterocycles. The minimum atomic E-state index is -1.12. The minimum Gasteiger partial charge on any atom is -0.478 e. The SMILES string of the molecule is CC(=N)N1CCN(C(=O)Nc2cc(C(=O)O)c3nc(C(C)C)n(Cc4ccc5ccc(C(=N)N)cc5c4)c3c2)CC1. The number of fused-ring (bicyclic) bond motifs is 2. The van der Waals surface area contributed by atoms with Crippen LogP contribution in [0.5, 0.6) is 0 Å². The van der Waals surface area contributed by atoms with Crippen LogP contribution in [0.15, 0.2) is 48.5 Å². The van der Waals surface area contributed by atoms with Crippen LogP contribution in [0.4, 0.5) is 10.5 Å². The number of rotatable bonds is 6. The van der Waals surface area contributed by atoms with E-state index in [2.05, 4.69) is 5.32 Å². The number of amides is 2. The molecule has 0 atom stereocenters. The summed E-state index contributed by atoms with van der Waals surface area (Å²) in [4.78, 5) is 33.7. The van der Waals surface area contributed by atoms with E-state index >= 15 is 0 Å². The van der Waals surface area contributed by atoms with Gasteiger partial charge in [0.2, 0.25) is 0 Å². The molecule has 6 N–H and O–H groups in total. The van der Waals surface area contributed by atoms with Gasteiger partial charge in [0.05, 0.1) is 16.9 Å². The Morgan fingerprint density at radius 3 is 2.32 bits per heavy atom. The third kappa shape index (κ3) is 5.56. The van der Waals surface area contributed by atoms with Gasteiger partial charge >= 0.3 is 12.0 Å².